The summed E-state index contributed by atoms with van der Waals surface area (Å²) in [5.41, 5.74) is 1.07. The summed E-state index contributed by atoms with van der Waals surface area (Å²) in [5, 5.41) is 4.14. The Kier molecular flexibility index (Phi) is 4.12. The number of aromatic nitrogens is 1. The van der Waals surface area contributed by atoms with Crippen LogP contribution in [0, 0.1) is 0 Å². The molecule has 1 aromatic carbocycles. The molecule has 4 heteroatoms. The lowest BCUT2D eigenvalue weighted by Crippen LogP contribution is -2.02. The van der Waals surface area contributed by atoms with Crippen LogP contribution >= 0.6 is 11.3 Å². The highest BCUT2D eigenvalue weighted by Crippen LogP contribution is 2.32. The predicted octanol–water partition coefficient (Wildman–Crippen LogP) is 2.93. The molecule has 0 spiro atoms. The van der Waals surface area contributed by atoms with Crippen LogP contribution in [0.4, 0.5) is 0 Å². The van der Waals surface area contributed by atoms with E-state index in [1.807, 2.05) is 44.4 Å². The monoisotopic (exact) mass is 248 g/mol. The molecule has 17 heavy (non-hydrogen) atoms. The van der Waals surface area contributed by atoms with Gasteiger partial charge in [0.25, 0.3) is 0 Å². The van der Waals surface area contributed by atoms with Crippen LogP contribution in [0.3, 0.4) is 0 Å². The molecule has 3 nitrogen and oxygen atoms in total. The minimum atomic E-state index is 0.672. The smallest absolute Gasteiger partial charge is 0.129 e. The van der Waals surface area contributed by atoms with Gasteiger partial charge in [0.05, 0.1) is 12.2 Å². The lowest BCUT2D eigenvalue weighted by Gasteiger charge is -2.07. The summed E-state index contributed by atoms with van der Waals surface area (Å²) in [7, 11) is 1.94. The Hall–Kier alpha value is -1.39. The van der Waals surface area contributed by atoms with E-state index in [1.54, 1.807) is 11.3 Å². The fourth-order valence-corrected chi connectivity index (χ4v) is 2.57. The number of thiazole rings is 1. The molecule has 1 aromatic heterocycles. The Morgan fingerprint density at radius 2 is 2.18 bits per heavy atom. The van der Waals surface area contributed by atoms with Crippen LogP contribution in [0.5, 0.6) is 5.75 Å². The van der Waals surface area contributed by atoms with Crippen molar-refractivity contribution in [2.24, 2.45) is 0 Å². The van der Waals surface area contributed by atoms with Gasteiger partial charge in [-0.3, -0.25) is 0 Å². The third-order valence-corrected chi connectivity index (χ3v) is 3.35. The first-order chi connectivity index (χ1) is 8.35. The molecule has 1 heterocycles. The summed E-state index contributed by atoms with van der Waals surface area (Å²) in [5.74, 6) is 0.903. The van der Waals surface area contributed by atoms with Gasteiger partial charge in [0.15, 0.2) is 0 Å². The van der Waals surface area contributed by atoms with Crippen molar-refractivity contribution in [1.29, 1.82) is 0 Å². The molecule has 0 atom stereocenters. The van der Waals surface area contributed by atoms with Gasteiger partial charge in [-0.25, -0.2) is 4.98 Å². The number of rotatable bonds is 5. The lowest BCUT2D eigenvalue weighted by molar-refractivity contribution is 0.341. The zero-order valence-electron chi connectivity index (χ0n) is 10.1. The SMILES string of the molecule is CCOc1ccccc1-c1ncc(CNC)s1. The first-order valence-electron chi connectivity index (χ1n) is 5.66. The van der Waals surface area contributed by atoms with E-state index < -0.39 is 0 Å². The van der Waals surface area contributed by atoms with Gasteiger partial charge in [-0.1, -0.05) is 12.1 Å². The number of nitrogens with one attached hydrogen (secondary N) is 1. The second-order valence-electron chi connectivity index (χ2n) is 3.59. The number of ether oxygens (including phenoxy) is 1. The number of nitrogens with zero attached hydrogens (tertiary/aromatic N) is 1. The van der Waals surface area contributed by atoms with Crippen molar-refractivity contribution in [3.05, 3.63) is 35.3 Å². The van der Waals surface area contributed by atoms with Crippen LogP contribution in [-0.2, 0) is 6.54 Å². The predicted molar refractivity (Wildman–Crippen MR) is 71.5 cm³/mol. The van der Waals surface area contributed by atoms with E-state index in [9.17, 15) is 0 Å². The number of hydrogen-bond acceptors (Lipinski definition) is 4. The Balaban J connectivity index is 2.31. The van der Waals surface area contributed by atoms with E-state index in [0.29, 0.717) is 6.61 Å². The molecule has 0 saturated carbocycles. The zero-order valence-corrected chi connectivity index (χ0v) is 10.9. The van der Waals surface area contributed by atoms with E-state index in [4.69, 9.17) is 4.74 Å². The highest BCUT2D eigenvalue weighted by Gasteiger charge is 2.09. The van der Waals surface area contributed by atoms with Gasteiger partial charge in [0.1, 0.15) is 10.8 Å². The van der Waals surface area contributed by atoms with Crippen molar-refractivity contribution >= 4 is 11.3 Å². The summed E-state index contributed by atoms with van der Waals surface area (Å²) in [4.78, 5) is 5.68. The normalized spacial score (nSPS) is 10.5. The molecule has 0 amide bonds. The highest BCUT2D eigenvalue weighted by molar-refractivity contribution is 7.15. The molecular weight excluding hydrogens is 232 g/mol. The van der Waals surface area contributed by atoms with E-state index in [0.717, 1.165) is 22.9 Å². The van der Waals surface area contributed by atoms with Crippen molar-refractivity contribution in [2.45, 2.75) is 13.5 Å². The van der Waals surface area contributed by atoms with Crippen molar-refractivity contribution in [3.8, 4) is 16.3 Å². The molecule has 0 radical (unpaired) electrons. The number of benzene rings is 1. The average Bonchev–Trinajstić information content (AvgIpc) is 2.79. The van der Waals surface area contributed by atoms with Crippen molar-refractivity contribution < 1.29 is 4.74 Å². The summed E-state index contributed by atoms with van der Waals surface area (Å²) < 4.78 is 5.61. The quantitative estimate of drug-likeness (QED) is 0.883. The average molecular weight is 248 g/mol. The third kappa shape index (κ3) is 2.84. The number of para-hydroxylation sites is 1. The van der Waals surface area contributed by atoms with E-state index in [1.165, 1.54) is 4.88 Å². The van der Waals surface area contributed by atoms with Crippen LogP contribution in [0.25, 0.3) is 10.6 Å². The molecule has 0 aliphatic heterocycles. The molecule has 0 aliphatic carbocycles. The topological polar surface area (TPSA) is 34.1 Å². The first kappa shape index (κ1) is 12.1. The third-order valence-electron chi connectivity index (χ3n) is 2.32. The molecule has 2 aromatic rings. The second kappa shape index (κ2) is 5.80. The minimum absolute atomic E-state index is 0.672. The van der Waals surface area contributed by atoms with Gasteiger partial charge in [-0.2, -0.15) is 0 Å². The van der Waals surface area contributed by atoms with Crippen LogP contribution < -0.4 is 10.1 Å². The van der Waals surface area contributed by atoms with Crippen LogP contribution in [-0.4, -0.2) is 18.6 Å². The molecule has 0 unspecified atom stereocenters. The molecule has 0 aliphatic rings. The summed E-state index contributed by atoms with van der Waals surface area (Å²) in [6.07, 6.45) is 1.92. The summed E-state index contributed by atoms with van der Waals surface area (Å²) in [6.45, 7) is 3.52. The molecular formula is C13H16N2OS. The summed E-state index contributed by atoms with van der Waals surface area (Å²) in [6, 6.07) is 8.03. The molecule has 0 saturated heterocycles. The van der Waals surface area contributed by atoms with E-state index in [-0.39, 0.29) is 0 Å². The van der Waals surface area contributed by atoms with Crippen LogP contribution in [0.15, 0.2) is 30.5 Å². The molecule has 90 valence electrons. The lowest BCUT2D eigenvalue weighted by atomic mass is 10.2. The van der Waals surface area contributed by atoms with Gasteiger partial charge < -0.3 is 10.1 Å². The van der Waals surface area contributed by atoms with Crippen molar-refractivity contribution in [3.63, 3.8) is 0 Å². The highest BCUT2D eigenvalue weighted by atomic mass is 32.1. The standard InChI is InChI=1S/C13H16N2OS/c1-3-16-12-7-5-4-6-11(12)13-15-9-10(17-13)8-14-2/h4-7,9,14H,3,8H2,1-2H3. The van der Waals surface area contributed by atoms with Crippen LogP contribution in [0.2, 0.25) is 0 Å². The minimum Gasteiger partial charge on any atom is -0.493 e. The molecule has 1 N–H and O–H groups in total. The van der Waals surface area contributed by atoms with Gasteiger partial charge in [0, 0.05) is 17.6 Å². The fraction of sp³-hybridized carbons (Fsp3) is 0.308. The van der Waals surface area contributed by atoms with Gasteiger partial charge in [-0.15, -0.1) is 11.3 Å². The second-order valence-corrected chi connectivity index (χ2v) is 4.71. The van der Waals surface area contributed by atoms with Crippen molar-refractivity contribution in [2.75, 3.05) is 13.7 Å². The van der Waals surface area contributed by atoms with E-state index in [2.05, 4.69) is 10.3 Å². The largest absolute Gasteiger partial charge is 0.493 e. The number of hydrogen-bond donors (Lipinski definition) is 1. The van der Waals surface area contributed by atoms with Crippen molar-refractivity contribution in [1.82, 2.24) is 10.3 Å². The maximum Gasteiger partial charge on any atom is 0.129 e. The van der Waals surface area contributed by atoms with E-state index >= 15 is 0 Å². The zero-order chi connectivity index (χ0) is 12.1. The Morgan fingerprint density at radius 1 is 1.35 bits per heavy atom. The maximum absolute atomic E-state index is 5.61. The Labute approximate surface area is 105 Å². The maximum atomic E-state index is 5.61. The van der Waals surface area contributed by atoms with Gasteiger partial charge >= 0.3 is 0 Å². The molecule has 2 rings (SSSR count). The molecule has 0 fully saturated rings. The van der Waals surface area contributed by atoms with Gasteiger partial charge in [0.2, 0.25) is 0 Å². The summed E-state index contributed by atoms with van der Waals surface area (Å²) >= 11 is 1.70. The first-order valence-corrected chi connectivity index (χ1v) is 6.48. The fourth-order valence-electron chi connectivity index (χ4n) is 1.61. The Bertz CT molecular complexity index is 482. The van der Waals surface area contributed by atoms with Gasteiger partial charge in [-0.05, 0) is 26.1 Å². The molecule has 0 bridgehead atoms. The van der Waals surface area contributed by atoms with Crippen LogP contribution in [0.1, 0.15) is 11.8 Å². The Morgan fingerprint density at radius 3 is 2.94 bits per heavy atom.